The van der Waals surface area contributed by atoms with Crippen LogP contribution >= 0.6 is 0 Å². The topological polar surface area (TPSA) is 38.9 Å². The monoisotopic (exact) mass is 286 g/mol. The van der Waals surface area contributed by atoms with E-state index in [1.165, 1.54) is 38.5 Å². The van der Waals surface area contributed by atoms with Gasteiger partial charge in [0.2, 0.25) is 5.89 Å². The molecular weight excluding hydrogens is 260 g/mol. The SMILES string of the molecule is [CH2]CCC[CH]c1nc(CC23CC4CC(CC(C4)C2)C3)no1. The molecular formula is C18H26N2O. The van der Waals surface area contributed by atoms with Crippen molar-refractivity contribution in [3.63, 3.8) is 0 Å². The molecule has 4 fully saturated rings. The van der Waals surface area contributed by atoms with E-state index in [-0.39, 0.29) is 0 Å². The van der Waals surface area contributed by atoms with E-state index in [2.05, 4.69) is 23.5 Å². The summed E-state index contributed by atoms with van der Waals surface area (Å²) in [5.41, 5.74) is 0.503. The minimum absolute atomic E-state index is 0.503. The first-order valence-electron chi connectivity index (χ1n) is 8.70. The lowest BCUT2D eigenvalue weighted by molar-refractivity contribution is -0.0533. The lowest BCUT2D eigenvalue weighted by Gasteiger charge is -2.56. The summed E-state index contributed by atoms with van der Waals surface area (Å²) in [4.78, 5) is 4.60. The van der Waals surface area contributed by atoms with Gasteiger partial charge in [-0.2, -0.15) is 4.98 Å². The van der Waals surface area contributed by atoms with E-state index in [4.69, 9.17) is 4.52 Å². The number of aromatic nitrogens is 2. The standard InChI is InChI=1S/C18H26N2O/c1-2-3-4-5-17-19-16(20-21-17)12-18-9-13-6-14(10-18)8-15(7-13)11-18/h5,13-15H,1-4,6-12H2. The van der Waals surface area contributed by atoms with Crippen LogP contribution in [0.3, 0.4) is 0 Å². The molecule has 4 aliphatic carbocycles. The van der Waals surface area contributed by atoms with Gasteiger partial charge in [-0.25, -0.2) is 0 Å². The Labute approximate surface area is 127 Å². The minimum Gasteiger partial charge on any atom is -0.339 e. The zero-order chi connectivity index (χ0) is 14.3. The van der Waals surface area contributed by atoms with E-state index in [1.807, 2.05) is 0 Å². The number of hydrogen-bond acceptors (Lipinski definition) is 3. The fraction of sp³-hybridized carbons (Fsp3) is 0.778. The maximum atomic E-state index is 5.39. The van der Waals surface area contributed by atoms with Crippen LogP contribution in [-0.2, 0) is 6.42 Å². The van der Waals surface area contributed by atoms with E-state index in [0.717, 1.165) is 49.3 Å². The van der Waals surface area contributed by atoms with Gasteiger partial charge in [0.1, 0.15) is 0 Å². The third-order valence-electron chi connectivity index (χ3n) is 5.96. The Balaban J connectivity index is 1.41. The Kier molecular flexibility index (Phi) is 3.55. The van der Waals surface area contributed by atoms with Gasteiger partial charge in [0, 0.05) is 6.42 Å². The van der Waals surface area contributed by atoms with Gasteiger partial charge >= 0.3 is 0 Å². The molecule has 0 unspecified atom stereocenters. The van der Waals surface area contributed by atoms with Gasteiger partial charge in [-0.05, 0) is 68.1 Å². The second-order valence-electron chi connectivity index (χ2n) is 7.84. The van der Waals surface area contributed by atoms with Crippen molar-refractivity contribution in [2.24, 2.45) is 23.2 Å². The zero-order valence-electron chi connectivity index (χ0n) is 12.9. The van der Waals surface area contributed by atoms with E-state index < -0.39 is 0 Å². The van der Waals surface area contributed by atoms with Crippen molar-refractivity contribution in [2.75, 3.05) is 0 Å². The fourth-order valence-corrected chi connectivity index (χ4v) is 5.63. The van der Waals surface area contributed by atoms with Crippen molar-refractivity contribution >= 4 is 0 Å². The predicted molar refractivity (Wildman–Crippen MR) is 81.2 cm³/mol. The van der Waals surface area contributed by atoms with E-state index in [0.29, 0.717) is 11.3 Å². The van der Waals surface area contributed by atoms with Crippen LogP contribution in [0.4, 0.5) is 0 Å². The molecule has 1 aromatic rings. The average molecular weight is 286 g/mol. The van der Waals surface area contributed by atoms with Crippen molar-refractivity contribution in [1.82, 2.24) is 10.1 Å². The molecule has 1 aromatic heterocycles. The highest BCUT2D eigenvalue weighted by Crippen LogP contribution is 2.60. The Morgan fingerprint density at radius 2 is 1.81 bits per heavy atom. The summed E-state index contributed by atoms with van der Waals surface area (Å²) in [5, 5.41) is 4.24. The van der Waals surface area contributed by atoms with Crippen molar-refractivity contribution in [2.45, 2.75) is 64.2 Å². The smallest absolute Gasteiger partial charge is 0.230 e. The Hall–Kier alpha value is -0.860. The number of nitrogens with zero attached hydrogens (tertiary/aromatic N) is 2. The first-order chi connectivity index (χ1) is 10.2. The van der Waals surface area contributed by atoms with Crippen molar-refractivity contribution in [3.8, 4) is 0 Å². The molecule has 0 atom stereocenters. The number of rotatable bonds is 6. The van der Waals surface area contributed by atoms with Crippen LogP contribution in [0, 0.1) is 36.5 Å². The van der Waals surface area contributed by atoms with Gasteiger partial charge in [-0.1, -0.05) is 24.9 Å². The van der Waals surface area contributed by atoms with Crippen LogP contribution in [-0.4, -0.2) is 10.1 Å². The molecule has 0 aliphatic heterocycles. The molecule has 0 N–H and O–H groups in total. The second kappa shape index (κ2) is 5.40. The Morgan fingerprint density at radius 1 is 1.14 bits per heavy atom. The Morgan fingerprint density at radius 3 is 2.43 bits per heavy atom. The highest BCUT2D eigenvalue weighted by molar-refractivity contribution is 5.06. The molecule has 2 radical (unpaired) electrons. The molecule has 3 heteroatoms. The fourth-order valence-electron chi connectivity index (χ4n) is 5.63. The average Bonchev–Trinajstić information content (AvgIpc) is 2.84. The normalized spacial score (nSPS) is 37.3. The molecule has 1 heterocycles. The molecule has 21 heavy (non-hydrogen) atoms. The third-order valence-corrected chi connectivity index (χ3v) is 5.96. The lowest BCUT2D eigenvalue weighted by Crippen LogP contribution is -2.47. The quantitative estimate of drug-likeness (QED) is 0.728. The van der Waals surface area contributed by atoms with Crippen molar-refractivity contribution in [1.29, 1.82) is 0 Å². The van der Waals surface area contributed by atoms with E-state index in [9.17, 15) is 0 Å². The highest BCUT2D eigenvalue weighted by atomic mass is 16.5. The molecule has 3 nitrogen and oxygen atoms in total. The highest BCUT2D eigenvalue weighted by Gasteiger charge is 2.51. The largest absolute Gasteiger partial charge is 0.339 e. The molecule has 0 amide bonds. The zero-order valence-corrected chi connectivity index (χ0v) is 12.9. The number of unbranched alkanes of at least 4 members (excludes halogenated alkanes) is 2. The third kappa shape index (κ3) is 2.76. The lowest BCUT2D eigenvalue weighted by atomic mass is 9.49. The molecule has 0 saturated heterocycles. The van der Waals surface area contributed by atoms with Crippen LogP contribution in [0.15, 0.2) is 4.52 Å². The van der Waals surface area contributed by atoms with Crippen molar-refractivity contribution in [3.05, 3.63) is 25.1 Å². The summed E-state index contributed by atoms with van der Waals surface area (Å²) in [6.45, 7) is 3.86. The molecule has 4 aliphatic rings. The van der Waals surface area contributed by atoms with E-state index in [1.54, 1.807) is 0 Å². The van der Waals surface area contributed by atoms with Crippen molar-refractivity contribution < 1.29 is 4.52 Å². The predicted octanol–water partition coefficient (Wildman–Crippen LogP) is 4.39. The Bertz CT molecular complexity index is 458. The first kappa shape index (κ1) is 13.8. The number of hydrogen-bond donors (Lipinski definition) is 0. The van der Waals surface area contributed by atoms with Gasteiger partial charge < -0.3 is 4.52 Å². The van der Waals surface area contributed by atoms with E-state index >= 15 is 0 Å². The molecule has 0 spiro atoms. The second-order valence-corrected chi connectivity index (χ2v) is 7.84. The van der Waals surface area contributed by atoms with Crippen LogP contribution in [0.5, 0.6) is 0 Å². The van der Waals surface area contributed by atoms with Crippen LogP contribution < -0.4 is 0 Å². The first-order valence-corrected chi connectivity index (χ1v) is 8.70. The molecule has 5 rings (SSSR count). The minimum atomic E-state index is 0.503. The maximum absolute atomic E-state index is 5.39. The summed E-state index contributed by atoms with van der Waals surface area (Å²) in [5.74, 6) is 4.63. The van der Waals surface area contributed by atoms with Gasteiger partial charge in [0.25, 0.3) is 0 Å². The molecule has 114 valence electrons. The maximum Gasteiger partial charge on any atom is 0.230 e. The summed E-state index contributed by atoms with van der Waals surface area (Å²) in [7, 11) is 0. The summed E-state index contributed by atoms with van der Waals surface area (Å²) in [6, 6.07) is 0. The molecule has 4 bridgehead atoms. The summed E-state index contributed by atoms with van der Waals surface area (Å²) < 4.78 is 5.39. The van der Waals surface area contributed by atoms with Gasteiger partial charge in [0.05, 0.1) is 6.42 Å². The molecule has 4 saturated carbocycles. The summed E-state index contributed by atoms with van der Waals surface area (Å²) in [6.07, 6.45) is 14.9. The summed E-state index contributed by atoms with van der Waals surface area (Å²) >= 11 is 0. The molecule has 0 aromatic carbocycles. The van der Waals surface area contributed by atoms with Gasteiger partial charge in [0.15, 0.2) is 5.82 Å². The van der Waals surface area contributed by atoms with Crippen LogP contribution in [0.25, 0.3) is 0 Å². The van der Waals surface area contributed by atoms with Crippen LogP contribution in [0.2, 0.25) is 0 Å². The van der Waals surface area contributed by atoms with Crippen LogP contribution in [0.1, 0.15) is 69.5 Å². The van der Waals surface area contributed by atoms with Gasteiger partial charge in [-0.15, -0.1) is 0 Å². The van der Waals surface area contributed by atoms with Gasteiger partial charge in [-0.3, -0.25) is 0 Å².